The third-order valence-corrected chi connectivity index (χ3v) is 2.17. The minimum absolute atomic E-state index is 0.443. The van der Waals surface area contributed by atoms with Crippen LogP contribution in [-0.4, -0.2) is 0 Å². The van der Waals surface area contributed by atoms with E-state index in [2.05, 4.69) is 24.8 Å². The molecule has 0 heterocycles. The van der Waals surface area contributed by atoms with Crippen molar-refractivity contribution < 1.29 is 0 Å². The van der Waals surface area contributed by atoms with Crippen molar-refractivity contribution in [1.29, 1.82) is 5.26 Å². The van der Waals surface area contributed by atoms with E-state index in [1.54, 1.807) is 0 Å². The summed E-state index contributed by atoms with van der Waals surface area (Å²) in [6, 6.07) is 10.0. The van der Waals surface area contributed by atoms with Gasteiger partial charge in [0.15, 0.2) is 0 Å². The Labute approximate surface area is 91.7 Å². The van der Waals surface area contributed by atoms with Gasteiger partial charge in [-0.25, -0.2) is 0 Å². The van der Waals surface area contributed by atoms with E-state index in [-0.39, 0.29) is 0 Å². The molecular weight excluding hydrogens is 182 g/mol. The highest BCUT2D eigenvalue weighted by Crippen LogP contribution is 2.07. The molecule has 1 aromatic rings. The quantitative estimate of drug-likeness (QED) is 0.538. The monoisotopic (exact) mass is 197 g/mol. The molecule has 0 radical (unpaired) electrons. The van der Waals surface area contributed by atoms with Crippen LogP contribution in [0.5, 0.6) is 0 Å². The maximum absolute atomic E-state index is 8.66. The summed E-state index contributed by atoms with van der Waals surface area (Å²) in [7, 11) is 0. The van der Waals surface area contributed by atoms with Crippen LogP contribution < -0.4 is 0 Å². The van der Waals surface area contributed by atoms with Crippen LogP contribution in [0.3, 0.4) is 0 Å². The van der Waals surface area contributed by atoms with Crippen molar-refractivity contribution in [3.05, 3.63) is 35.4 Å². The molecule has 1 rings (SSSR count). The predicted molar refractivity (Wildman–Crippen MR) is 62.2 cm³/mol. The summed E-state index contributed by atoms with van der Waals surface area (Å²) in [5.41, 5.74) is 2.03. The van der Waals surface area contributed by atoms with Crippen molar-refractivity contribution in [3.63, 3.8) is 0 Å². The van der Waals surface area contributed by atoms with Gasteiger partial charge in [-0.15, -0.1) is 0 Å². The molecule has 0 spiro atoms. The zero-order valence-corrected chi connectivity index (χ0v) is 9.09. The van der Waals surface area contributed by atoms with Crippen molar-refractivity contribution in [2.24, 2.45) is 0 Å². The lowest BCUT2D eigenvalue weighted by atomic mass is 10.1. The predicted octanol–water partition coefficient (Wildman–Crippen LogP) is 3.29. The van der Waals surface area contributed by atoms with Crippen LogP contribution in [0.1, 0.15) is 37.3 Å². The third-order valence-electron chi connectivity index (χ3n) is 2.17. The van der Waals surface area contributed by atoms with Gasteiger partial charge >= 0.3 is 0 Å². The highest BCUT2D eigenvalue weighted by Gasteiger charge is 1.96. The first-order chi connectivity index (χ1) is 7.38. The Balaban J connectivity index is 2.74. The molecule has 1 nitrogen and oxygen atoms in total. The number of hydrogen-bond donors (Lipinski definition) is 0. The number of nitrogens with zero attached hydrogens (tertiary/aromatic N) is 1. The molecular formula is C14H15N. The molecule has 15 heavy (non-hydrogen) atoms. The SMILES string of the molecule is CCCCC#Cc1ccccc1CC#N. The highest BCUT2D eigenvalue weighted by molar-refractivity contribution is 5.42. The summed E-state index contributed by atoms with van der Waals surface area (Å²) in [6.45, 7) is 2.16. The zero-order valence-electron chi connectivity index (χ0n) is 9.09. The van der Waals surface area contributed by atoms with Crippen molar-refractivity contribution in [2.75, 3.05) is 0 Å². The molecule has 1 aromatic carbocycles. The van der Waals surface area contributed by atoms with E-state index in [0.717, 1.165) is 24.0 Å². The Bertz CT molecular complexity index is 401. The number of nitriles is 1. The topological polar surface area (TPSA) is 23.8 Å². The van der Waals surface area contributed by atoms with E-state index >= 15 is 0 Å². The maximum atomic E-state index is 8.66. The van der Waals surface area contributed by atoms with Gasteiger partial charge in [0.1, 0.15) is 0 Å². The van der Waals surface area contributed by atoms with Gasteiger partial charge in [0.2, 0.25) is 0 Å². The van der Waals surface area contributed by atoms with E-state index in [1.165, 1.54) is 6.42 Å². The van der Waals surface area contributed by atoms with Crippen molar-refractivity contribution in [2.45, 2.75) is 32.6 Å². The van der Waals surface area contributed by atoms with Crippen molar-refractivity contribution in [1.82, 2.24) is 0 Å². The summed E-state index contributed by atoms with van der Waals surface area (Å²) < 4.78 is 0. The summed E-state index contributed by atoms with van der Waals surface area (Å²) in [5.74, 6) is 6.27. The van der Waals surface area contributed by atoms with E-state index < -0.39 is 0 Å². The molecule has 0 bridgehead atoms. The van der Waals surface area contributed by atoms with Gasteiger partial charge in [0.05, 0.1) is 12.5 Å². The summed E-state index contributed by atoms with van der Waals surface area (Å²) in [5, 5.41) is 8.66. The van der Waals surface area contributed by atoms with Gasteiger partial charge in [-0.05, 0) is 18.1 Å². The van der Waals surface area contributed by atoms with E-state index in [4.69, 9.17) is 5.26 Å². The van der Waals surface area contributed by atoms with Crippen LogP contribution in [0.25, 0.3) is 0 Å². The first-order valence-corrected chi connectivity index (χ1v) is 5.32. The molecule has 0 aliphatic heterocycles. The Kier molecular flexibility index (Phi) is 5.06. The highest BCUT2D eigenvalue weighted by atomic mass is 14.2. The Morgan fingerprint density at radius 3 is 2.80 bits per heavy atom. The summed E-state index contributed by atoms with van der Waals surface area (Å²) in [6.07, 6.45) is 3.71. The Hall–Kier alpha value is -1.73. The number of rotatable bonds is 3. The smallest absolute Gasteiger partial charge is 0.0670 e. The van der Waals surface area contributed by atoms with E-state index in [1.807, 2.05) is 24.3 Å². The van der Waals surface area contributed by atoms with Gasteiger partial charge in [0.25, 0.3) is 0 Å². The number of hydrogen-bond acceptors (Lipinski definition) is 1. The molecule has 0 amide bonds. The lowest BCUT2D eigenvalue weighted by Gasteiger charge is -1.97. The van der Waals surface area contributed by atoms with Crippen molar-refractivity contribution >= 4 is 0 Å². The second-order valence-corrected chi connectivity index (χ2v) is 3.40. The second kappa shape index (κ2) is 6.68. The molecule has 76 valence electrons. The van der Waals surface area contributed by atoms with Gasteiger partial charge in [0, 0.05) is 12.0 Å². The lowest BCUT2D eigenvalue weighted by molar-refractivity contribution is 0.828. The van der Waals surface area contributed by atoms with Crippen LogP contribution in [0.15, 0.2) is 24.3 Å². The molecule has 0 aliphatic carbocycles. The van der Waals surface area contributed by atoms with Gasteiger partial charge < -0.3 is 0 Å². The molecule has 0 N–H and O–H groups in total. The minimum atomic E-state index is 0.443. The lowest BCUT2D eigenvalue weighted by Crippen LogP contribution is -1.87. The van der Waals surface area contributed by atoms with Gasteiger partial charge in [-0.3, -0.25) is 0 Å². The van der Waals surface area contributed by atoms with Crippen LogP contribution >= 0.6 is 0 Å². The van der Waals surface area contributed by atoms with Crippen LogP contribution in [0.4, 0.5) is 0 Å². The normalized spacial score (nSPS) is 8.80. The van der Waals surface area contributed by atoms with E-state index in [9.17, 15) is 0 Å². The molecule has 0 aliphatic rings. The maximum Gasteiger partial charge on any atom is 0.0670 e. The van der Waals surface area contributed by atoms with Crippen molar-refractivity contribution in [3.8, 4) is 17.9 Å². The molecule has 0 saturated carbocycles. The first-order valence-electron chi connectivity index (χ1n) is 5.32. The first kappa shape index (κ1) is 11.3. The number of benzene rings is 1. The molecule has 0 fully saturated rings. The number of unbranched alkanes of at least 4 members (excludes halogenated alkanes) is 2. The largest absolute Gasteiger partial charge is 0.198 e. The Morgan fingerprint density at radius 1 is 1.27 bits per heavy atom. The van der Waals surface area contributed by atoms with Gasteiger partial charge in [-0.2, -0.15) is 5.26 Å². The zero-order chi connectivity index (χ0) is 10.9. The minimum Gasteiger partial charge on any atom is -0.198 e. The third kappa shape index (κ3) is 3.88. The fourth-order valence-corrected chi connectivity index (χ4v) is 1.30. The van der Waals surface area contributed by atoms with Gasteiger partial charge in [-0.1, -0.05) is 43.4 Å². The standard InChI is InChI=1S/C14H15N/c1-2-3-4-5-8-13-9-6-7-10-14(13)11-12-15/h6-7,9-10H,2-4,11H2,1H3. The second-order valence-electron chi connectivity index (χ2n) is 3.40. The summed E-state index contributed by atoms with van der Waals surface area (Å²) >= 11 is 0. The van der Waals surface area contributed by atoms with Crippen LogP contribution in [0, 0.1) is 23.2 Å². The van der Waals surface area contributed by atoms with Crippen LogP contribution in [-0.2, 0) is 6.42 Å². The average molecular weight is 197 g/mol. The summed E-state index contributed by atoms with van der Waals surface area (Å²) in [4.78, 5) is 0. The Morgan fingerprint density at radius 2 is 2.07 bits per heavy atom. The molecule has 0 unspecified atom stereocenters. The molecule has 0 atom stereocenters. The molecule has 1 heteroatoms. The van der Waals surface area contributed by atoms with E-state index in [0.29, 0.717) is 6.42 Å². The molecule has 0 aromatic heterocycles. The molecule has 0 saturated heterocycles. The average Bonchev–Trinajstić information content (AvgIpc) is 2.27. The fraction of sp³-hybridized carbons (Fsp3) is 0.357. The van der Waals surface area contributed by atoms with Crippen LogP contribution in [0.2, 0.25) is 0 Å². The fourth-order valence-electron chi connectivity index (χ4n) is 1.30.